The van der Waals surface area contributed by atoms with Crippen LogP contribution in [0.3, 0.4) is 0 Å². The number of hydrogen-bond donors (Lipinski definition) is 0. The van der Waals surface area contributed by atoms with Crippen molar-refractivity contribution >= 4 is 21.2 Å². The Morgan fingerprint density at radius 2 is 2.00 bits per heavy atom. The molecule has 0 amide bonds. The van der Waals surface area contributed by atoms with Gasteiger partial charge in [0, 0.05) is 21.9 Å². The van der Waals surface area contributed by atoms with E-state index in [1.165, 1.54) is 22.1 Å². The molecule has 122 valence electrons. The number of hydrogen-bond acceptors (Lipinski definition) is 5. The number of aromatic nitrogens is 2. The van der Waals surface area contributed by atoms with Crippen molar-refractivity contribution in [2.24, 2.45) is 0 Å². The molecule has 0 saturated carbocycles. The first-order chi connectivity index (χ1) is 11.5. The summed E-state index contributed by atoms with van der Waals surface area (Å²) >= 11 is 1.54. The van der Waals surface area contributed by atoms with E-state index in [1.807, 2.05) is 18.4 Å². The topological polar surface area (TPSA) is 69.0 Å². The third-order valence-corrected chi connectivity index (χ3v) is 6.71. The lowest BCUT2D eigenvalue weighted by atomic mass is 10.1. The summed E-state index contributed by atoms with van der Waals surface area (Å²) in [6, 6.07) is 10.2. The highest BCUT2D eigenvalue weighted by molar-refractivity contribution is 7.91. The van der Waals surface area contributed by atoms with Gasteiger partial charge in [0.15, 0.2) is 9.84 Å². The summed E-state index contributed by atoms with van der Waals surface area (Å²) in [4.78, 5) is 13.8. The third kappa shape index (κ3) is 2.40. The van der Waals surface area contributed by atoms with E-state index in [4.69, 9.17) is 0 Å². The van der Waals surface area contributed by atoms with Gasteiger partial charge in [-0.05, 0) is 31.0 Å². The van der Waals surface area contributed by atoms with Crippen molar-refractivity contribution in [1.29, 1.82) is 0 Å². The largest absolute Gasteiger partial charge is 0.271 e. The quantitative estimate of drug-likeness (QED) is 0.670. The van der Waals surface area contributed by atoms with Crippen molar-refractivity contribution in [1.82, 2.24) is 9.78 Å². The van der Waals surface area contributed by atoms with E-state index < -0.39 is 9.84 Å². The number of benzene rings is 1. The number of sulfone groups is 1. The Balaban J connectivity index is 2.03. The van der Waals surface area contributed by atoms with Crippen molar-refractivity contribution in [3.63, 3.8) is 0 Å². The lowest BCUT2D eigenvalue weighted by Gasteiger charge is -2.10. The van der Waals surface area contributed by atoms with Crippen LogP contribution in [0.25, 0.3) is 16.9 Å². The van der Waals surface area contributed by atoms with Crippen LogP contribution in [0.5, 0.6) is 0 Å². The molecule has 0 spiro atoms. The fourth-order valence-electron chi connectivity index (χ4n) is 2.92. The molecule has 0 atom stereocenters. The predicted molar refractivity (Wildman–Crippen MR) is 93.6 cm³/mol. The van der Waals surface area contributed by atoms with Crippen molar-refractivity contribution in [2.45, 2.75) is 18.2 Å². The van der Waals surface area contributed by atoms with Crippen molar-refractivity contribution in [3.8, 4) is 16.9 Å². The summed E-state index contributed by atoms with van der Waals surface area (Å²) in [5.74, 6) is -0.0142. The zero-order chi connectivity index (χ0) is 16.9. The lowest BCUT2D eigenvalue weighted by molar-refractivity contribution is 0.596. The standard InChI is InChI=1S/C17H14N2O3S2/c1-11-8-13(10-23-11)19-16(20)9-12-6-7-24(21,22)15-5-3-2-4-14(15)17(12)18-19/h2-5,8-10H,6-7H2,1H3. The van der Waals surface area contributed by atoms with Gasteiger partial charge in [-0.25, -0.2) is 8.42 Å². The second-order valence-electron chi connectivity index (χ2n) is 5.75. The SMILES string of the molecule is Cc1cc(-n2nc3c(cc2=O)CCS(=O)(=O)c2ccccc2-3)cs1. The Hall–Kier alpha value is -2.25. The molecular weight excluding hydrogens is 344 g/mol. The molecule has 3 heterocycles. The van der Waals surface area contributed by atoms with Crippen LogP contribution in [-0.2, 0) is 16.3 Å². The number of fused-ring (bicyclic) bond motifs is 3. The number of aryl methyl sites for hydroxylation is 2. The molecule has 7 heteroatoms. The molecule has 4 rings (SSSR count). The minimum atomic E-state index is -3.38. The van der Waals surface area contributed by atoms with E-state index in [0.29, 0.717) is 22.5 Å². The van der Waals surface area contributed by atoms with Gasteiger partial charge in [-0.3, -0.25) is 4.79 Å². The first kappa shape index (κ1) is 15.3. The number of nitrogens with zero attached hydrogens (tertiary/aromatic N) is 2. The Morgan fingerprint density at radius 3 is 2.75 bits per heavy atom. The zero-order valence-corrected chi connectivity index (χ0v) is 14.5. The maximum atomic E-state index is 12.5. The second-order valence-corrected chi connectivity index (χ2v) is 8.94. The van der Waals surface area contributed by atoms with E-state index in [1.54, 1.807) is 24.3 Å². The normalized spacial score (nSPS) is 15.4. The summed E-state index contributed by atoms with van der Waals surface area (Å²) in [6.45, 7) is 1.96. The molecule has 0 fully saturated rings. The summed E-state index contributed by atoms with van der Waals surface area (Å²) < 4.78 is 26.3. The number of rotatable bonds is 1. The molecule has 0 unspecified atom stereocenters. The molecular formula is C17H14N2O3S2. The molecule has 1 aliphatic rings. The molecule has 2 aromatic heterocycles. The minimum absolute atomic E-state index is 0.0142. The van der Waals surface area contributed by atoms with Crippen LogP contribution in [0.15, 0.2) is 51.5 Å². The molecule has 0 saturated heterocycles. The summed E-state index contributed by atoms with van der Waals surface area (Å²) in [6.07, 6.45) is 0.290. The van der Waals surface area contributed by atoms with Gasteiger partial charge in [0.1, 0.15) is 0 Å². The summed E-state index contributed by atoms with van der Waals surface area (Å²) in [5.41, 5.74) is 2.26. The van der Waals surface area contributed by atoms with Gasteiger partial charge in [0.25, 0.3) is 5.56 Å². The Morgan fingerprint density at radius 1 is 1.21 bits per heavy atom. The smallest absolute Gasteiger partial charge is 0.267 e. The van der Waals surface area contributed by atoms with Crippen molar-refractivity contribution < 1.29 is 8.42 Å². The first-order valence-corrected chi connectivity index (χ1v) is 10.00. The highest BCUT2D eigenvalue weighted by Gasteiger charge is 2.27. The van der Waals surface area contributed by atoms with E-state index in [-0.39, 0.29) is 22.6 Å². The summed E-state index contributed by atoms with van der Waals surface area (Å²) in [5, 5.41) is 6.38. The molecule has 5 nitrogen and oxygen atoms in total. The third-order valence-electron chi connectivity index (χ3n) is 4.09. The van der Waals surface area contributed by atoms with Crippen LogP contribution in [0, 0.1) is 6.92 Å². The molecule has 1 aromatic carbocycles. The second kappa shape index (κ2) is 5.39. The molecule has 24 heavy (non-hydrogen) atoms. The average molecular weight is 358 g/mol. The van der Waals surface area contributed by atoms with Crippen LogP contribution < -0.4 is 5.56 Å². The fourth-order valence-corrected chi connectivity index (χ4v) is 5.08. The van der Waals surface area contributed by atoms with Crippen LogP contribution in [0.4, 0.5) is 0 Å². The van der Waals surface area contributed by atoms with Crippen LogP contribution in [-0.4, -0.2) is 24.0 Å². The lowest BCUT2D eigenvalue weighted by Crippen LogP contribution is -2.22. The summed E-state index contributed by atoms with van der Waals surface area (Å²) in [7, 11) is -3.38. The van der Waals surface area contributed by atoms with Crippen molar-refractivity contribution in [3.05, 3.63) is 62.6 Å². The molecule has 0 N–H and O–H groups in total. The maximum Gasteiger partial charge on any atom is 0.271 e. The van der Waals surface area contributed by atoms with Crippen LogP contribution in [0.2, 0.25) is 0 Å². The predicted octanol–water partition coefficient (Wildman–Crippen LogP) is 2.60. The van der Waals surface area contributed by atoms with E-state index in [0.717, 1.165) is 4.88 Å². The average Bonchev–Trinajstić information content (AvgIpc) is 2.95. The van der Waals surface area contributed by atoms with Crippen LogP contribution in [0.1, 0.15) is 10.4 Å². The Labute approximate surface area is 143 Å². The van der Waals surface area contributed by atoms with Gasteiger partial charge in [-0.15, -0.1) is 11.3 Å². The number of thiophene rings is 1. The van der Waals surface area contributed by atoms with Gasteiger partial charge in [0.05, 0.1) is 22.0 Å². The molecule has 3 aromatic rings. The highest BCUT2D eigenvalue weighted by atomic mass is 32.2. The maximum absolute atomic E-state index is 12.5. The van der Waals surface area contributed by atoms with Crippen LogP contribution >= 0.6 is 11.3 Å². The van der Waals surface area contributed by atoms with E-state index in [2.05, 4.69) is 5.10 Å². The molecule has 1 aliphatic heterocycles. The van der Waals surface area contributed by atoms with Crippen molar-refractivity contribution in [2.75, 3.05) is 5.75 Å². The van der Waals surface area contributed by atoms with Gasteiger partial charge < -0.3 is 0 Å². The minimum Gasteiger partial charge on any atom is -0.267 e. The Bertz CT molecular complexity index is 1110. The highest BCUT2D eigenvalue weighted by Crippen LogP contribution is 2.32. The monoisotopic (exact) mass is 358 g/mol. The molecule has 0 aliphatic carbocycles. The van der Waals surface area contributed by atoms with Gasteiger partial charge in [0.2, 0.25) is 0 Å². The van der Waals surface area contributed by atoms with Gasteiger partial charge in [-0.1, -0.05) is 18.2 Å². The van der Waals surface area contributed by atoms with Gasteiger partial charge >= 0.3 is 0 Å². The fraction of sp³-hybridized carbons (Fsp3) is 0.176. The molecule has 0 radical (unpaired) electrons. The molecule has 0 bridgehead atoms. The first-order valence-electron chi connectivity index (χ1n) is 7.47. The Kier molecular flexibility index (Phi) is 3.43. The van der Waals surface area contributed by atoms with E-state index in [9.17, 15) is 13.2 Å². The van der Waals surface area contributed by atoms with Gasteiger partial charge in [-0.2, -0.15) is 9.78 Å². The zero-order valence-electron chi connectivity index (χ0n) is 12.9. The van der Waals surface area contributed by atoms with E-state index >= 15 is 0 Å².